The summed E-state index contributed by atoms with van der Waals surface area (Å²) in [6, 6.07) is 33.0. The molecule has 0 saturated heterocycles. The van der Waals surface area contributed by atoms with Crippen LogP contribution in [0.3, 0.4) is 0 Å². The summed E-state index contributed by atoms with van der Waals surface area (Å²) in [4.78, 5) is 9.26. The van der Waals surface area contributed by atoms with Gasteiger partial charge in [0.25, 0.3) is 0 Å². The zero-order chi connectivity index (χ0) is 20.6. The molecule has 0 heterocycles. The maximum atomic E-state index is 9.26. The highest BCUT2D eigenvalue weighted by Gasteiger charge is 2.52. The van der Waals surface area contributed by atoms with Gasteiger partial charge in [-0.05, 0) is 6.42 Å². The van der Waals surface area contributed by atoms with Crippen molar-refractivity contribution in [2.45, 2.75) is 18.5 Å². The SMILES string of the molecule is CCC(=O)[O-].C[P+](C)(C)C(c1ccccc1)(c1ccccc1)c1ccccc1. The van der Waals surface area contributed by atoms with E-state index in [0.29, 0.717) is 0 Å². The summed E-state index contributed by atoms with van der Waals surface area (Å²) in [6.07, 6.45) is 0.111. The molecule has 3 aromatic carbocycles. The van der Waals surface area contributed by atoms with Gasteiger partial charge in [-0.25, -0.2) is 0 Å². The highest BCUT2D eigenvalue weighted by molar-refractivity contribution is 7.75. The van der Waals surface area contributed by atoms with Gasteiger partial charge in [0, 0.05) is 49.9 Å². The Bertz CT molecular complexity index is 757. The fourth-order valence-corrected chi connectivity index (χ4v) is 6.47. The van der Waals surface area contributed by atoms with Crippen LogP contribution in [-0.2, 0) is 9.95 Å². The van der Waals surface area contributed by atoms with Crippen LogP contribution < -0.4 is 5.11 Å². The molecule has 0 bridgehead atoms. The van der Waals surface area contributed by atoms with Gasteiger partial charge >= 0.3 is 0 Å². The van der Waals surface area contributed by atoms with Gasteiger partial charge in [-0.3, -0.25) is 0 Å². The zero-order valence-electron chi connectivity index (χ0n) is 17.1. The number of hydrogen-bond donors (Lipinski definition) is 0. The molecular weight excluding hydrogens is 363 g/mol. The van der Waals surface area contributed by atoms with E-state index in [1.165, 1.54) is 23.6 Å². The number of carbonyl (C=O) groups excluding carboxylic acids is 1. The summed E-state index contributed by atoms with van der Waals surface area (Å²) in [5, 5.41) is 9.18. The molecule has 28 heavy (non-hydrogen) atoms. The van der Waals surface area contributed by atoms with Crippen molar-refractivity contribution in [1.82, 2.24) is 0 Å². The second kappa shape index (κ2) is 9.66. The first-order valence-corrected chi connectivity index (χ1v) is 12.6. The van der Waals surface area contributed by atoms with Gasteiger partial charge in [-0.2, -0.15) is 0 Å². The molecule has 0 saturated carbocycles. The zero-order valence-corrected chi connectivity index (χ0v) is 18.0. The number of rotatable bonds is 5. The van der Waals surface area contributed by atoms with Crippen LogP contribution in [0.2, 0.25) is 0 Å². The van der Waals surface area contributed by atoms with E-state index in [-0.39, 0.29) is 11.6 Å². The van der Waals surface area contributed by atoms with Gasteiger partial charge < -0.3 is 9.90 Å². The Morgan fingerprint density at radius 3 is 1.14 bits per heavy atom. The second-order valence-electron chi connectivity index (χ2n) is 7.55. The predicted molar refractivity (Wildman–Crippen MR) is 119 cm³/mol. The molecule has 0 aromatic heterocycles. The molecule has 146 valence electrons. The summed E-state index contributed by atoms with van der Waals surface area (Å²) in [6.45, 7) is 8.87. The fourth-order valence-electron chi connectivity index (χ4n) is 3.70. The predicted octanol–water partition coefficient (Wildman–Crippen LogP) is 5.03. The van der Waals surface area contributed by atoms with Gasteiger partial charge in [-0.15, -0.1) is 0 Å². The Morgan fingerprint density at radius 1 is 0.714 bits per heavy atom. The van der Waals surface area contributed by atoms with Crippen LogP contribution in [0.4, 0.5) is 0 Å². The maximum Gasteiger partial charge on any atom is 0.153 e. The third-order valence-electron chi connectivity index (χ3n) is 4.87. The quantitative estimate of drug-likeness (QED) is 0.451. The standard InChI is InChI=1S/C22H24P.C3H6O2/c1-23(2,3)22(19-13-7-4-8-14-19,20-15-9-5-10-16-20)21-17-11-6-12-18-21;1-2-3(4)5/h4-18H,1-3H3;2H2,1H3,(H,4,5)/q+1;/p-1. The number of carbonyl (C=O) groups is 1. The van der Waals surface area contributed by atoms with Gasteiger partial charge in [0.1, 0.15) is 0 Å². The van der Waals surface area contributed by atoms with E-state index < -0.39 is 13.2 Å². The maximum absolute atomic E-state index is 9.26. The number of carboxylic acids is 1. The average Bonchev–Trinajstić information content (AvgIpc) is 2.70. The molecule has 0 amide bonds. The minimum Gasteiger partial charge on any atom is -0.550 e. The largest absolute Gasteiger partial charge is 0.550 e. The molecule has 0 unspecified atom stereocenters. The Labute approximate surface area is 169 Å². The van der Waals surface area contributed by atoms with E-state index in [9.17, 15) is 9.90 Å². The third kappa shape index (κ3) is 4.69. The van der Waals surface area contributed by atoms with Crippen LogP contribution in [0.5, 0.6) is 0 Å². The molecule has 0 N–H and O–H groups in total. The molecule has 0 radical (unpaired) electrons. The molecule has 0 aliphatic heterocycles. The molecule has 2 nitrogen and oxygen atoms in total. The van der Waals surface area contributed by atoms with E-state index >= 15 is 0 Å². The molecular formula is C25H29O2P. The molecule has 0 fully saturated rings. The highest BCUT2D eigenvalue weighted by atomic mass is 31.2. The Morgan fingerprint density at radius 2 is 0.964 bits per heavy atom. The molecule has 0 aliphatic rings. The van der Waals surface area contributed by atoms with Crippen LogP contribution in [0.25, 0.3) is 0 Å². The lowest BCUT2D eigenvalue weighted by Gasteiger charge is -2.40. The van der Waals surface area contributed by atoms with Crippen LogP contribution in [0, 0.1) is 0 Å². The van der Waals surface area contributed by atoms with Crippen molar-refractivity contribution >= 4 is 13.2 Å². The number of hydrogen-bond acceptors (Lipinski definition) is 2. The Kier molecular flexibility index (Phi) is 7.54. The number of carboxylic acid groups (broad SMARTS) is 1. The van der Waals surface area contributed by atoms with Crippen LogP contribution >= 0.6 is 7.26 Å². The molecule has 3 aromatic rings. The monoisotopic (exact) mass is 392 g/mol. The summed E-state index contributed by atoms with van der Waals surface area (Å²) < 4.78 is 0. The lowest BCUT2D eigenvalue weighted by molar-refractivity contribution is -0.305. The van der Waals surface area contributed by atoms with E-state index in [1.807, 2.05) is 0 Å². The van der Waals surface area contributed by atoms with Crippen molar-refractivity contribution in [1.29, 1.82) is 0 Å². The third-order valence-corrected chi connectivity index (χ3v) is 7.66. The number of benzene rings is 3. The fraction of sp³-hybridized carbons (Fsp3) is 0.240. The first kappa shape index (κ1) is 21.9. The second-order valence-corrected chi connectivity index (χ2v) is 12.2. The van der Waals surface area contributed by atoms with Gasteiger partial charge in [0.2, 0.25) is 0 Å². The normalized spacial score (nSPS) is 11.3. The van der Waals surface area contributed by atoms with E-state index in [0.717, 1.165) is 0 Å². The van der Waals surface area contributed by atoms with Crippen molar-refractivity contribution in [3.63, 3.8) is 0 Å². The van der Waals surface area contributed by atoms with Gasteiger partial charge in [0.05, 0.1) is 0 Å². The van der Waals surface area contributed by atoms with Crippen LogP contribution in [-0.4, -0.2) is 26.0 Å². The topological polar surface area (TPSA) is 40.1 Å². The van der Waals surface area contributed by atoms with Gasteiger partial charge in [0.15, 0.2) is 5.16 Å². The molecule has 0 atom stereocenters. The molecule has 3 rings (SSSR count). The Hall–Kier alpha value is -2.44. The average molecular weight is 392 g/mol. The molecule has 3 heteroatoms. The molecule has 0 spiro atoms. The lowest BCUT2D eigenvalue weighted by atomic mass is 9.84. The Balaban J connectivity index is 0.000000500. The van der Waals surface area contributed by atoms with E-state index in [2.05, 4.69) is 111 Å². The van der Waals surface area contributed by atoms with Crippen LogP contribution in [0.1, 0.15) is 30.0 Å². The minimum atomic E-state index is -1.32. The first-order valence-electron chi connectivity index (χ1n) is 9.52. The summed E-state index contributed by atoms with van der Waals surface area (Å²) in [5.41, 5.74) is 4.16. The molecule has 0 aliphatic carbocycles. The lowest BCUT2D eigenvalue weighted by Crippen LogP contribution is -2.31. The highest BCUT2D eigenvalue weighted by Crippen LogP contribution is 2.70. The van der Waals surface area contributed by atoms with E-state index in [1.54, 1.807) is 0 Å². The summed E-state index contributed by atoms with van der Waals surface area (Å²) >= 11 is 0. The van der Waals surface area contributed by atoms with Crippen LogP contribution in [0.15, 0.2) is 91.0 Å². The van der Waals surface area contributed by atoms with E-state index in [4.69, 9.17) is 0 Å². The smallest absolute Gasteiger partial charge is 0.153 e. The van der Waals surface area contributed by atoms with Crippen molar-refractivity contribution in [3.8, 4) is 0 Å². The first-order chi connectivity index (χ1) is 13.3. The number of aliphatic carboxylic acids is 1. The van der Waals surface area contributed by atoms with Crippen molar-refractivity contribution in [2.75, 3.05) is 20.0 Å². The van der Waals surface area contributed by atoms with Gasteiger partial charge in [-0.1, -0.05) is 97.9 Å². The van der Waals surface area contributed by atoms with Crippen molar-refractivity contribution in [3.05, 3.63) is 108 Å². The minimum absolute atomic E-state index is 0.0726. The van der Waals surface area contributed by atoms with Crippen molar-refractivity contribution in [2.24, 2.45) is 0 Å². The summed E-state index contributed by atoms with van der Waals surface area (Å²) in [7, 11) is -1.32. The summed E-state index contributed by atoms with van der Waals surface area (Å²) in [5.74, 6) is -0.995. The van der Waals surface area contributed by atoms with Crippen molar-refractivity contribution < 1.29 is 9.90 Å².